The smallest absolute Gasteiger partial charge is 0.204 e. The maximum absolute atomic E-state index is 5.13. The van der Waals surface area contributed by atoms with Crippen molar-refractivity contribution in [3.63, 3.8) is 0 Å². The SMILES string of the molecule is COc1ccc(Cn2nnc(-c3ccccc3)n2)cc1. The normalized spacial score (nSPS) is 10.4. The molecule has 2 aromatic carbocycles. The van der Waals surface area contributed by atoms with Gasteiger partial charge in [0.15, 0.2) is 0 Å². The number of methoxy groups -OCH3 is 1. The molecule has 0 bridgehead atoms. The van der Waals surface area contributed by atoms with E-state index >= 15 is 0 Å². The number of nitrogens with zero attached hydrogens (tertiary/aromatic N) is 4. The van der Waals surface area contributed by atoms with Crippen molar-refractivity contribution < 1.29 is 4.74 Å². The zero-order valence-electron chi connectivity index (χ0n) is 11.1. The highest BCUT2D eigenvalue weighted by Crippen LogP contribution is 2.14. The summed E-state index contributed by atoms with van der Waals surface area (Å²) in [6.45, 7) is 0.587. The van der Waals surface area contributed by atoms with Crippen molar-refractivity contribution in [2.75, 3.05) is 7.11 Å². The molecule has 0 saturated heterocycles. The molecule has 0 aliphatic carbocycles. The Bertz CT molecular complexity index is 677. The van der Waals surface area contributed by atoms with E-state index in [0.717, 1.165) is 16.9 Å². The number of rotatable bonds is 4. The molecule has 3 aromatic rings. The first-order valence-corrected chi connectivity index (χ1v) is 6.31. The average Bonchev–Trinajstić information content (AvgIpc) is 2.97. The highest BCUT2D eigenvalue weighted by molar-refractivity contribution is 5.52. The molecule has 0 radical (unpaired) electrons. The molecule has 0 amide bonds. The molecule has 0 aliphatic heterocycles. The Balaban J connectivity index is 1.77. The lowest BCUT2D eigenvalue weighted by molar-refractivity contribution is 0.414. The Hall–Kier alpha value is -2.69. The summed E-state index contributed by atoms with van der Waals surface area (Å²) in [7, 11) is 1.65. The van der Waals surface area contributed by atoms with Crippen molar-refractivity contribution >= 4 is 0 Å². The number of ether oxygens (including phenoxy) is 1. The molecular formula is C15H14N4O. The second-order valence-electron chi connectivity index (χ2n) is 4.36. The molecule has 0 spiro atoms. The van der Waals surface area contributed by atoms with Gasteiger partial charge < -0.3 is 4.74 Å². The van der Waals surface area contributed by atoms with Gasteiger partial charge in [0.25, 0.3) is 0 Å². The maximum atomic E-state index is 5.13. The molecule has 0 fully saturated rings. The first-order chi connectivity index (χ1) is 9.85. The molecule has 1 aromatic heterocycles. The molecule has 0 saturated carbocycles. The lowest BCUT2D eigenvalue weighted by Crippen LogP contribution is -2.03. The van der Waals surface area contributed by atoms with Crippen LogP contribution in [0.4, 0.5) is 0 Å². The van der Waals surface area contributed by atoms with Gasteiger partial charge in [0.1, 0.15) is 5.75 Å². The lowest BCUT2D eigenvalue weighted by Gasteiger charge is -2.02. The van der Waals surface area contributed by atoms with Crippen LogP contribution in [0.25, 0.3) is 11.4 Å². The number of benzene rings is 2. The van der Waals surface area contributed by atoms with Gasteiger partial charge in [-0.1, -0.05) is 42.5 Å². The summed E-state index contributed by atoms with van der Waals surface area (Å²) in [5.41, 5.74) is 2.07. The van der Waals surface area contributed by atoms with Gasteiger partial charge in [-0.2, -0.15) is 4.80 Å². The highest BCUT2D eigenvalue weighted by atomic mass is 16.5. The third-order valence-corrected chi connectivity index (χ3v) is 2.97. The second kappa shape index (κ2) is 5.52. The van der Waals surface area contributed by atoms with Crippen molar-refractivity contribution in [1.29, 1.82) is 0 Å². The standard InChI is InChI=1S/C15H14N4O/c1-20-14-9-7-12(8-10-14)11-19-17-15(16-18-19)13-5-3-2-4-6-13/h2-10H,11H2,1H3. The number of tetrazole rings is 1. The minimum absolute atomic E-state index is 0.587. The van der Waals surface area contributed by atoms with Crippen LogP contribution in [0.5, 0.6) is 5.75 Å². The van der Waals surface area contributed by atoms with Gasteiger partial charge in [0.2, 0.25) is 5.82 Å². The lowest BCUT2D eigenvalue weighted by atomic mass is 10.2. The first-order valence-electron chi connectivity index (χ1n) is 6.31. The topological polar surface area (TPSA) is 52.8 Å². The summed E-state index contributed by atoms with van der Waals surface area (Å²) in [6, 6.07) is 17.6. The minimum Gasteiger partial charge on any atom is -0.497 e. The molecule has 5 nitrogen and oxygen atoms in total. The van der Waals surface area contributed by atoms with Crippen molar-refractivity contribution in [2.45, 2.75) is 6.54 Å². The number of hydrogen-bond donors (Lipinski definition) is 0. The van der Waals surface area contributed by atoms with E-state index < -0.39 is 0 Å². The van der Waals surface area contributed by atoms with Crippen molar-refractivity contribution in [2.24, 2.45) is 0 Å². The van der Waals surface area contributed by atoms with Crippen LogP contribution in [0, 0.1) is 0 Å². The van der Waals surface area contributed by atoms with E-state index in [-0.39, 0.29) is 0 Å². The fraction of sp³-hybridized carbons (Fsp3) is 0.133. The fourth-order valence-electron chi connectivity index (χ4n) is 1.91. The zero-order valence-corrected chi connectivity index (χ0v) is 11.1. The third-order valence-electron chi connectivity index (χ3n) is 2.97. The van der Waals surface area contributed by atoms with Crippen LogP contribution in [-0.4, -0.2) is 27.3 Å². The van der Waals surface area contributed by atoms with Gasteiger partial charge in [-0.15, -0.1) is 10.2 Å². The van der Waals surface area contributed by atoms with E-state index in [2.05, 4.69) is 15.4 Å². The molecule has 5 heteroatoms. The predicted octanol–water partition coefficient (Wildman–Crippen LogP) is 2.40. The van der Waals surface area contributed by atoms with Crippen LogP contribution in [0.3, 0.4) is 0 Å². The summed E-state index contributed by atoms with van der Waals surface area (Å²) in [5, 5.41) is 12.5. The van der Waals surface area contributed by atoms with Gasteiger partial charge in [-0.3, -0.25) is 0 Å². The van der Waals surface area contributed by atoms with E-state index in [9.17, 15) is 0 Å². The van der Waals surface area contributed by atoms with Crippen LogP contribution >= 0.6 is 0 Å². The monoisotopic (exact) mass is 266 g/mol. The summed E-state index contributed by atoms with van der Waals surface area (Å²) >= 11 is 0. The average molecular weight is 266 g/mol. The Labute approximate surface area is 116 Å². The Morgan fingerprint density at radius 3 is 2.45 bits per heavy atom. The number of hydrogen-bond acceptors (Lipinski definition) is 4. The zero-order chi connectivity index (χ0) is 13.8. The third kappa shape index (κ3) is 2.66. The maximum Gasteiger partial charge on any atom is 0.204 e. The van der Waals surface area contributed by atoms with Crippen LogP contribution in [-0.2, 0) is 6.54 Å². The fourth-order valence-corrected chi connectivity index (χ4v) is 1.91. The van der Waals surface area contributed by atoms with E-state index in [1.54, 1.807) is 11.9 Å². The van der Waals surface area contributed by atoms with Gasteiger partial charge in [0.05, 0.1) is 13.7 Å². The van der Waals surface area contributed by atoms with E-state index in [1.165, 1.54) is 0 Å². The largest absolute Gasteiger partial charge is 0.497 e. The Kier molecular flexibility index (Phi) is 3.41. The van der Waals surface area contributed by atoms with E-state index in [4.69, 9.17) is 4.74 Å². The Morgan fingerprint density at radius 1 is 1.00 bits per heavy atom. The number of aromatic nitrogens is 4. The second-order valence-corrected chi connectivity index (χ2v) is 4.36. The van der Waals surface area contributed by atoms with Crippen LogP contribution in [0.2, 0.25) is 0 Å². The van der Waals surface area contributed by atoms with E-state index in [0.29, 0.717) is 12.4 Å². The first kappa shape index (κ1) is 12.3. The molecule has 0 N–H and O–H groups in total. The molecule has 100 valence electrons. The van der Waals surface area contributed by atoms with Crippen LogP contribution in [0.15, 0.2) is 54.6 Å². The molecule has 1 heterocycles. The van der Waals surface area contributed by atoms with Gasteiger partial charge in [-0.25, -0.2) is 0 Å². The van der Waals surface area contributed by atoms with Gasteiger partial charge >= 0.3 is 0 Å². The van der Waals surface area contributed by atoms with Crippen molar-refractivity contribution in [1.82, 2.24) is 20.2 Å². The van der Waals surface area contributed by atoms with Gasteiger partial charge in [-0.05, 0) is 22.9 Å². The van der Waals surface area contributed by atoms with Crippen LogP contribution < -0.4 is 4.74 Å². The molecule has 3 rings (SSSR count). The molecule has 0 atom stereocenters. The molecule has 0 aliphatic rings. The quantitative estimate of drug-likeness (QED) is 0.727. The molecule has 0 unspecified atom stereocenters. The van der Waals surface area contributed by atoms with Gasteiger partial charge in [0, 0.05) is 5.56 Å². The summed E-state index contributed by atoms with van der Waals surface area (Å²) in [4.78, 5) is 1.59. The van der Waals surface area contributed by atoms with Crippen molar-refractivity contribution in [3.05, 3.63) is 60.2 Å². The van der Waals surface area contributed by atoms with E-state index in [1.807, 2.05) is 54.6 Å². The molecule has 20 heavy (non-hydrogen) atoms. The summed E-state index contributed by atoms with van der Waals surface area (Å²) < 4.78 is 5.13. The molecular weight excluding hydrogens is 252 g/mol. The predicted molar refractivity (Wildman–Crippen MR) is 75.3 cm³/mol. The van der Waals surface area contributed by atoms with Crippen molar-refractivity contribution in [3.8, 4) is 17.1 Å². The summed E-state index contributed by atoms with van der Waals surface area (Å²) in [6.07, 6.45) is 0. The summed E-state index contributed by atoms with van der Waals surface area (Å²) in [5.74, 6) is 1.48. The van der Waals surface area contributed by atoms with Crippen LogP contribution in [0.1, 0.15) is 5.56 Å². The Morgan fingerprint density at radius 2 is 1.75 bits per heavy atom. The highest BCUT2D eigenvalue weighted by Gasteiger charge is 2.05. The minimum atomic E-state index is 0.587.